The van der Waals surface area contributed by atoms with Crippen LogP contribution in [0.4, 0.5) is 0 Å². The summed E-state index contributed by atoms with van der Waals surface area (Å²) < 4.78 is 11.0. The van der Waals surface area contributed by atoms with Gasteiger partial charge in [-0.2, -0.15) is 0 Å². The first-order valence-corrected chi connectivity index (χ1v) is 7.59. The van der Waals surface area contributed by atoms with Crippen molar-refractivity contribution in [3.05, 3.63) is 42.5 Å². The molecule has 0 saturated carbocycles. The van der Waals surface area contributed by atoms with Crippen LogP contribution in [0.25, 0.3) is 0 Å². The van der Waals surface area contributed by atoms with E-state index in [9.17, 15) is 0 Å². The Morgan fingerprint density at radius 2 is 1.76 bits per heavy atom. The summed E-state index contributed by atoms with van der Waals surface area (Å²) in [5.41, 5.74) is -0.0803. The summed E-state index contributed by atoms with van der Waals surface area (Å²) in [5, 5.41) is 3.52. The summed E-state index contributed by atoms with van der Waals surface area (Å²) in [6.07, 6.45) is 5.64. The van der Waals surface area contributed by atoms with Gasteiger partial charge in [-0.25, -0.2) is 4.98 Å². The van der Waals surface area contributed by atoms with E-state index in [1.54, 1.807) is 13.3 Å². The van der Waals surface area contributed by atoms with Crippen LogP contribution in [0.15, 0.2) is 36.7 Å². The van der Waals surface area contributed by atoms with Gasteiger partial charge in [-0.05, 0) is 51.1 Å². The van der Waals surface area contributed by atoms with Crippen molar-refractivity contribution in [1.82, 2.24) is 15.3 Å². The summed E-state index contributed by atoms with van der Waals surface area (Å²) in [7, 11) is 1.66. The van der Waals surface area contributed by atoms with Crippen molar-refractivity contribution in [2.24, 2.45) is 0 Å². The Labute approximate surface area is 161 Å². The Hall–Kier alpha value is -1.47. The normalized spacial score (nSPS) is 10.0. The van der Waals surface area contributed by atoms with Gasteiger partial charge in [0.25, 0.3) is 0 Å². The van der Waals surface area contributed by atoms with Gasteiger partial charge in [0.15, 0.2) is 0 Å². The van der Waals surface area contributed by atoms with Crippen molar-refractivity contribution < 1.29 is 14.9 Å². The van der Waals surface area contributed by atoms with Crippen molar-refractivity contribution in [3.8, 4) is 11.5 Å². The second-order valence-corrected chi connectivity index (χ2v) is 5.91. The average molecular weight is 394 g/mol. The number of H-pyrrole nitrogens is 1. The van der Waals surface area contributed by atoms with E-state index in [2.05, 4.69) is 29.1 Å². The lowest BCUT2D eigenvalue weighted by atomic mass is 10.1. The predicted octanol–water partition coefficient (Wildman–Crippen LogP) is 2.82. The van der Waals surface area contributed by atoms with E-state index in [0.29, 0.717) is 6.61 Å². The zero-order valence-electron chi connectivity index (χ0n) is 14.9. The summed E-state index contributed by atoms with van der Waals surface area (Å²) >= 11 is 0. The predicted molar refractivity (Wildman–Crippen MR) is 106 cm³/mol. The number of hydrogen-bond acceptors (Lipinski definition) is 4. The molecular weight excluding hydrogens is 365 g/mol. The fourth-order valence-electron chi connectivity index (χ4n) is 2.10. The van der Waals surface area contributed by atoms with Crippen molar-refractivity contribution in [3.63, 3.8) is 0 Å². The Balaban J connectivity index is 0. The van der Waals surface area contributed by atoms with Gasteiger partial charge in [0, 0.05) is 24.4 Å². The van der Waals surface area contributed by atoms with E-state index in [1.165, 1.54) is 0 Å². The number of methoxy groups -OCH3 is 1. The third-order valence-electron chi connectivity index (χ3n) is 3.41. The first-order valence-electron chi connectivity index (χ1n) is 7.59. The highest BCUT2D eigenvalue weighted by Gasteiger charge is 2.17. The number of nitrogens with zero attached hydrogens (tertiary/aromatic N) is 1. The van der Waals surface area contributed by atoms with Crippen molar-refractivity contribution in [2.75, 3.05) is 20.3 Å². The van der Waals surface area contributed by atoms with Crippen molar-refractivity contribution in [1.29, 1.82) is 0 Å². The minimum atomic E-state index is -0.0803. The lowest BCUT2D eigenvalue weighted by Crippen LogP contribution is -2.45. The van der Waals surface area contributed by atoms with Gasteiger partial charge in [-0.15, -0.1) is 24.8 Å². The molecule has 0 atom stereocenters. The minimum Gasteiger partial charge on any atom is -0.497 e. The zero-order valence-corrected chi connectivity index (χ0v) is 16.5. The van der Waals surface area contributed by atoms with Crippen LogP contribution < -0.4 is 14.8 Å². The van der Waals surface area contributed by atoms with Gasteiger partial charge in [0.2, 0.25) is 0 Å². The van der Waals surface area contributed by atoms with E-state index < -0.39 is 0 Å². The summed E-state index contributed by atoms with van der Waals surface area (Å²) in [6, 6.07) is 7.65. The number of aromatic nitrogens is 2. The van der Waals surface area contributed by atoms with Crippen molar-refractivity contribution >= 4 is 24.8 Å². The van der Waals surface area contributed by atoms with Gasteiger partial charge in [-0.3, -0.25) is 0 Å². The Morgan fingerprint density at radius 3 is 2.32 bits per heavy atom. The topological polar surface area (TPSA) is 90.7 Å². The molecule has 0 aliphatic rings. The van der Waals surface area contributed by atoms with Gasteiger partial charge >= 0.3 is 0 Å². The van der Waals surface area contributed by atoms with E-state index in [-0.39, 0.29) is 35.8 Å². The lowest BCUT2D eigenvalue weighted by Gasteiger charge is -2.26. The average Bonchev–Trinajstić information content (AvgIpc) is 3.04. The fourth-order valence-corrected chi connectivity index (χ4v) is 2.10. The molecule has 0 unspecified atom stereocenters. The van der Waals surface area contributed by atoms with Crippen molar-refractivity contribution in [2.45, 2.75) is 32.2 Å². The number of benzene rings is 1. The van der Waals surface area contributed by atoms with E-state index in [4.69, 9.17) is 9.47 Å². The first kappa shape index (κ1) is 25.8. The smallest absolute Gasteiger partial charge is 0.119 e. The molecule has 144 valence electrons. The molecular formula is C17H29Cl2N3O3. The van der Waals surface area contributed by atoms with Crippen LogP contribution in [0.5, 0.6) is 11.5 Å². The highest BCUT2D eigenvalue weighted by atomic mass is 35.5. The Kier molecular flexibility index (Phi) is 13.2. The van der Waals surface area contributed by atoms with Crippen LogP contribution >= 0.6 is 24.8 Å². The van der Waals surface area contributed by atoms with Gasteiger partial charge in [0.1, 0.15) is 23.9 Å². The summed E-state index contributed by atoms with van der Waals surface area (Å²) in [6.45, 7) is 5.83. The van der Waals surface area contributed by atoms with E-state index >= 15 is 0 Å². The molecule has 2 aromatic rings. The molecule has 8 heteroatoms. The minimum absolute atomic E-state index is 0. The molecule has 4 N–H and O–H groups in total. The number of ether oxygens (including phenoxy) is 2. The van der Waals surface area contributed by atoms with Gasteiger partial charge < -0.3 is 25.3 Å². The van der Waals surface area contributed by atoms with Crippen LogP contribution in [0.1, 0.15) is 26.1 Å². The van der Waals surface area contributed by atoms with Crippen LogP contribution in [-0.4, -0.2) is 41.2 Å². The summed E-state index contributed by atoms with van der Waals surface area (Å²) in [5.74, 6) is 2.73. The molecule has 0 radical (unpaired) electrons. The van der Waals surface area contributed by atoms with Crippen LogP contribution in [0, 0.1) is 0 Å². The molecule has 0 spiro atoms. The van der Waals surface area contributed by atoms with Gasteiger partial charge in [0.05, 0.1) is 7.11 Å². The molecule has 2 rings (SSSR count). The molecule has 0 aliphatic heterocycles. The largest absolute Gasteiger partial charge is 0.497 e. The maximum absolute atomic E-state index is 5.84. The zero-order chi connectivity index (χ0) is 15.8. The molecule has 0 saturated heterocycles. The quantitative estimate of drug-likeness (QED) is 0.640. The molecule has 0 fully saturated rings. The molecule has 1 aromatic carbocycles. The summed E-state index contributed by atoms with van der Waals surface area (Å²) in [4.78, 5) is 7.34. The molecule has 0 aliphatic carbocycles. The number of nitrogens with one attached hydrogen (secondary N) is 2. The number of hydrogen-bond donors (Lipinski definition) is 2. The monoisotopic (exact) mass is 393 g/mol. The number of imidazole rings is 1. The highest BCUT2D eigenvalue weighted by molar-refractivity contribution is 5.85. The highest BCUT2D eigenvalue weighted by Crippen LogP contribution is 2.18. The molecule has 6 nitrogen and oxygen atoms in total. The maximum Gasteiger partial charge on any atom is 0.119 e. The first-order chi connectivity index (χ1) is 10.6. The lowest BCUT2D eigenvalue weighted by molar-refractivity contribution is 0.208. The van der Waals surface area contributed by atoms with E-state index in [0.717, 1.165) is 36.7 Å². The SMILES string of the molecule is COc1ccc(OCC(C)(C)NCCCc2ncc[nH]2)cc1.Cl.Cl.O. The number of aryl methyl sites for hydroxylation is 1. The van der Waals surface area contributed by atoms with E-state index in [1.807, 2.05) is 30.5 Å². The maximum atomic E-state index is 5.84. The number of rotatable bonds is 9. The Morgan fingerprint density at radius 1 is 1.12 bits per heavy atom. The molecule has 0 bridgehead atoms. The molecule has 0 amide bonds. The number of halogens is 2. The van der Waals surface area contributed by atoms with Gasteiger partial charge in [-0.1, -0.05) is 0 Å². The second kappa shape index (κ2) is 12.8. The molecule has 25 heavy (non-hydrogen) atoms. The van der Waals surface area contributed by atoms with Crippen LogP contribution in [0.2, 0.25) is 0 Å². The molecule has 1 aromatic heterocycles. The third-order valence-corrected chi connectivity index (χ3v) is 3.41. The molecule has 1 heterocycles. The fraction of sp³-hybridized carbons (Fsp3) is 0.471. The second-order valence-electron chi connectivity index (χ2n) is 5.91. The van der Waals surface area contributed by atoms with Crippen LogP contribution in [0.3, 0.4) is 0 Å². The standard InChI is InChI=1S/C17H25N3O2.2ClH.H2O/c1-17(2,20-10-4-5-16-18-11-12-19-16)13-22-15-8-6-14(21-3)7-9-15;;;/h6-9,11-12,20H,4-5,10,13H2,1-3H3,(H,18,19);2*1H;1H2. The Bertz CT molecular complexity index is 549. The van der Waals surface area contributed by atoms with Crippen LogP contribution in [-0.2, 0) is 6.42 Å². The third kappa shape index (κ3) is 9.55. The number of aromatic amines is 1.